The van der Waals surface area contributed by atoms with Gasteiger partial charge in [0, 0.05) is 6.07 Å². The molecular weight excluding hydrogens is 328 g/mol. The fraction of sp³-hybridized carbons (Fsp3) is 0.176. The van der Waals surface area contributed by atoms with Crippen LogP contribution in [-0.4, -0.2) is 30.5 Å². The summed E-state index contributed by atoms with van der Waals surface area (Å²) in [6, 6.07) is 10.7. The molecule has 0 unspecified atom stereocenters. The number of hydrogen-bond acceptors (Lipinski definition) is 6. The van der Waals surface area contributed by atoms with Crippen molar-refractivity contribution in [3.63, 3.8) is 0 Å². The Hall–Kier alpha value is -3.42. The van der Waals surface area contributed by atoms with E-state index in [1.54, 1.807) is 31.2 Å². The summed E-state index contributed by atoms with van der Waals surface area (Å²) in [6.45, 7) is 1.31. The molecule has 0 fully saturated rings. The largest absolute Gasteiger partial charge is 0.477 e. The van der Waals surface area contributed by atoms with E-state index >= 15 is 0 Å². The Kier molecular flexibility index (Phi) is 5.67. The van der Waals surface area contributed by atoms with Crippen LogP contribution in [0.15, 0.2) is 42.5 Å². The Labute approximate surface area is 143 Å². The van der Waals surface area contributed by atoms with Crippen LogP contribution in [-0.2, 0) is 9.53 Å². The van der Waals surface area contributed by atoms with Crippen LogP contribution in [0, 0.1) is 17.0 Å². The fourth-order valence-corrected chi connectivity index (χ4v) is 2.10. The lowest BCUT2D eigenvalue weighted by atomic mass is 10.2. The Balaban J connectivity index is 2.09. The molecule has 0 saturated carbocycles. The fourth-order valence-electron chi connectivity index (χ4n) is 2.10. The second-order valence-electron chi connectivity index (χ2n) is 5.10. The number of methoxy groups -OCH3 is 1. The normalized spacial score (nSPS) is 10.0. The maximum absolute atomic E-state index is 12.1. The molecule has 8 heteroatoms. The van der Waals surface area contributed by atoms with Gasteiger partial charge in [-0.2, -0.15) is 0 Å². The lowest BCUT2D eigenvalue weighted by Gasteiger charge is -2.11. The van der Waals surface area contributed by atoms with Crippen LogP contribution in [0.1, 0.15) is 15.9 Å². The van der Waals surface area contributed by atoms with Crippen LogP contribution < -0.4 is 10.1 Å². The minimum absolute atomic E-state index is 0.00130. The Morgan fingerprint density at radius 2 is 1.92 bits per heavy atom. The van der Waals surface area contributed by atoms with Crippen LogP contribution in [0.3, 0.4) is 0 Å². The molecule has 0 aliphatic rings. The first-order valence-electron chi connectivity index (χ1n) is 7.27. The second-order valence-corrected chi connectivity index (χ2v) is 5.10. The molecule has 1 N–H and O–H groups in total. The number of amides is 1. The van der Waals surface area contributed by atoms with Gasteiger partial charge in [-0.1, -0.05) is 18.2 Å². The van der Waals surface area contributed by atoms with Crippen molar-refractivity contribution in [2.45, 2.75) is 6.92 Å². The summed E-state index contributed by atoms with van der Waals surface area (Å²) in [5.74, 6) is -1.15. The van der Waals surface area contributed by atoms with E-state index in [0.29, 0.717) is 0 Å². The van der Waals surface area contributed by atoms with Crippen molar-refractivity contribution in [3.8, 4) is 5.75 Å². The molecule has 1 amide bonds. The number of carbonyl (C=O) groups excluding carboxylic acids is 2. The van der Waals surface area contributed by atoms with Crippen LogP contribution in [0.2, 0.25) is 0 Å². The monoisotopic (exact) mass is 344 g/mol. The van der Waals surface area contributed by atoms with Gasteiger partial charge in [-0.15, -0.1) is 0 Å². The number of nitro benzene ring substituents is 1. The number of hydrogen-bond donors (Lipinski definition) is 1. The molecule has 2 aromatic carbocycles. The topological polar surface area (TPSA) is 108 Å². The van der Waals surface area contributed by atoms with Crippen LogP contribution in [0.25, 0.3) is 0 Å². The number of nitrogens with one attached hydrogen (secondary N) is 1. The molecule has 0 aliphatic heterocycles. The van der Waals surface area contributed by atoms with Gasteiger partial charge < -0.3 is 14.8 Å². The molecule has 0 spiro atoms. The third-order valence-corrected chi connectivity index (χ3v) is 3.28. The lowest BCUT2D eigenvalue weighted by molar-refractivity contribution is -0.385. The number of esters is 1. The highest BCUT2D eigenvalue weighted by Crippen LogP contribution is 2.27. The van der Waals surface area contributed by atoms with E-state index in [1.807, 2.05) is 0 Å². The number of benzene rings is 2. The zero-order valence-corrected chi connectivity index (χ0v) is 13.6. The van der Waals surface area contributed by atoms with Gasteiger partial charge in [-0.3, -0.25) is 14.9 Å². The number of ether oxygens (including phenoxy) is 2. The SMILES string of the molecule is COC(=O)c1ccccc1NC(=O)COc1cc(C)ccc1[N+](=O)[O-]. The molecule has 0 saturated heterocycles. The van der Waals surface area contributed by atoms with Gasteiger partial charge in [-0.25, -0.2) is 4.79 Å². The summed E-state index contributed by atoms with van der Waals surface area (Å²) in [5.41, 5.74) is 0.993. The maximum atomic E-state index is 12.1. The molecule has 0 aromatic heterocycles. The quantitative estimate of drug-likeness (QED) is 0.490. The molecule has 0 atom stereocenters. The molecule has 8 nitrogen and oxygen atoms in total. The Morgan fingerprint density at radius 3 is 2.60 bits per heavy atom. The number of anilines is 1. The number of para-hydroxylation sites is 1. The molecule has 2 rings (SSSR count). The standard InChI is InChI=1S/C17H16N2O6/c1-11-7-8-14(19(22)23)15(9-11)25-10-16(20)18-13-6-4-3-5-12(13)17(21)24-2/h3-9H,10H2,1-2H3,(H,18,20). The summed E-state index contributed by atoms with van der Waals surface area (Å²) >= 11 is 0. The Bertz CT molecular complexity index is 819. The second kappa shape index (κ2) is 7.91. The predicted octanol–water partition coefficient (Wildman–Crippen LogP) is 2.71. The average Bonchev–Trinajstić information content (AvgIpc) is 2.59. The van der Waals surface area contributed by atoms with Crippen molar-refractivity contribution in [2.75, 3.05) is 19.0 Å². The number of nitro groups is 1. The van der Waals surface area contributed by atoms with E-state index in [9.17, 15) is 19.7 Å². The minimum Gasteiger partial charge on any atom is -0.477 e. The molecule has 2 aromatic rings. The maximum Gasteiger partial charge on any atom is 0.339 e. The van der Waals surface area contributed by atoms with Crippen molar-refractivity contribution in [3.05, 3.63) is 63.7 Å². The van der Waals surface area contributed by atoms with Gasteiger partial charge in [0.2, 0.25) is 0 Å². The summed E-state index contributed by atoms with van der Waals surface area (Å²) in [5, 5.41) is 13.5. The first-order chi connectivity index (χ1) is 11.9. The number of aryl methyl sites for hydroxylation is 1. The van der Waals surface area contributed by atoms with Crippen molar-refractivity contribution < 1.29 is 24.0 Å². The molecule has 130 valence electrons. The van der Waals surface area contributed by atoms with Crippen LogP contribution >= 0.6 is 0 Å². The molecule has 0 heterocycles. The van der Waals surface area contributed by atoms with E-state index in [2.05, 4.69) is 10.1 Å². The summed E-state index contributed by atoms with van der Waals surface area (Å²) < 4.78 is 9.92. The van der Waals surface area contributed by atoms with Crippen LogP contribution in [0.4, 0.5) is 11.4 Å². The number of carbonyl (C=O) groups is 2. The van der Waals surface area contributed by atoms with Gasteiger partial charge in [0.25, 0.3) is 5.91 Å². The predicted molar refractivity (Wildman–Crippen MR) is 89.7 cm³/mol. The summed E-state index contributed by atoms with van der Waals surface area (Å²) in [6.07, 6.45) is 0. The average molecular weight is 344 g/mol. The third kappa shape index (κ3) is 4.54. The third-order valence-electron chi connectivity index (χ3n) is 3.28. The zero-order chi connectivity index (χ0) is 18.4. The first kappa shape index (κ1) is 17.9. The van der Waals surface area contributed by atoms with Gasteiger partial charge in [-0.05, 0) is 30.7 Å². The van der Waals surface area contributed by atoms with E-state index in [4.69, 9.17) is 4.74 Å². The van der Waals surface area contributed by atoms with E-state index in [0.717, 1.165) is 5.56 Å². The molecule has 0 aliphatic carbocycles. The molecular formula is C17H16N2O6. The van der Waals surface area contributed by atoms with Crippen LogP contribution in [0.5, 0.6) is 5.75 Å². The van der Waals surface area contributed by atoms with Crippen molar-refractivity contribution >= 4 is 23.3 Å². The smallest absolute Gasteiger partial charge is 0.339 e. The van der Waals surface area contributed by atoms with E-state index in [-0.39, 0.29) is 22.7 Å². The highest BCUT2D eigenvalue weighted by atomic mass is 16.6. The summed E-state index contributed by atoms with van der Waals surface area (Å²) in [7, 11) is 1.24. The minimum atomic E-state index is -0.592. The van der Waals surface area contributed by atoms with Gasteiger partial charge in [0.15, 0.2) is 12.4 Å². The number of nitrogens with zero attached hydrogens (tertiary/aromatic N) is 1. The highest BCUT2D eigenvalue weighted by molar-refractivity contribution is 6.01. The van der Waals surface area contributed by atoms with E-state index < -0.39 is 23.4 Å². The molecule has 25 heavy (non-hydrogen) atoms. The zero-order valence-electron chi connectivity index (χ0n) is 13.6. The van der Waals surface area contributed by atoms with E-state index in [1.165, 1.54) is 25.3 Å². The Morgan fingerprint density at radius 1 is 1.20 bits per heavy atom. The van der Waals surface area contributed by atoms with Gasteiger partial charge in [0.1, 0.15) is 0 Å². The molecule has 0 radical (unpaired) electrons. The van der Waals surface area contributed by atoms with Gasteiger partial charge >= 0.3 is 11.7 Å². The van der Waals surface area contributed by atoms with Gasteiger partial charge in [0.05, 0.1) is 23.3 Å². The highest BCUT2D eigenvalue weighted by Gasteiger charge is 2.17. The number of rotatable bonds is 6. The first-order valence-corrected chi connectivity index (χ1v) is 7.27. The lowest BCUT2D eigenvalue weighted by Crippen LogP contribution is -2.22. The summed E-state index contributed by atoms with van der Waals surface area (Å²) in [4.78, 5) is 34.1. The van der Waals surface area contributed by atoms with Crippen molar-refractivity contribution in [2.24, 2.45) is 0 Å². The molecule has 0 bridgehead atoms. The van der Waals surface area contributed by atoms with Crippen molar-refractivity contribution in [1.29, 1.82) is 0 Å². The van der Waals surface area contributed by atoms with Crippen molar-refractivity contribution in [1.82, 2.24) is 0 Å².